The van der Waals surface area contributed by atoms with Crippen molar-refractivity contribution in [3.05, 3.63) is 53.3 Å². The molecule has 0 fully saturated rings. The summed E-state index contributed by atoms with van der Waals surface area (Å²) >= 11 is 0. The highest BCUT2D eigenvalue weighted by Crippen LogP contribution is 2.35. The highest BCUT2D eigenvalue weighted by atomic mass is 19.4. The van der Waals surface area contributed by atoms with Crippen molar-refractivity contribution in [1.29, 1.82) is 0 Å². The van der Waals surface area contributed by atoms with Crippen molar-refractivity contribution in [1.82, 2.24) is 4.98 Å². The molecule has 0 aliphatic carbocycles. The Labute approximate surface area is 118 Å². The molecule has 21 heavy (non-hydrogen) atoms. The van der Waals surface area contributed by atoms with Gasteiger partial charge in [-0.05, 0) is 31.2 Å². The van der Waals surface area contributed by atoms with E-state index in [4.69, 9.17) is 5.73 Å². The van der Waals surface area contributed by atoms with Gasteiger partial charge in [0.15, 0.2) is 0 Å². The summed E-state index contributed by atoms with van der Waals surface area (Å²) in [5, 5.41) is 2.50. The van der Waals surface area contributed by atoms with E-state index in [-0.39, 0.29) is 5.56 Å². The van der Waals surface area contributed by atoms with Crippen molar-refractivity contribution >= 4 is 17.3 Å². The molecule has 0 saturated heterocycles. The van der Waals surface area contributed by atoms with Crippen LogP contribution in [-0.2, 0) is 6.18 Å². The molecule has 0 aliphatic heterocycles. The number of nitrogens with zero attached hydrogens (tertiary/aromatic N) is 1. The Morgan fingerprint density at radius 2 is 1.95 bits per heavy atom. The molecule has 3 N–H and O–H groups in total. The van der Waals surface area contributed by atoms with Crippen molar-refractivity contribution in [2.45, 2.75) is 13.1 Å². The topological polar surface area (TPSA) is 68.0 Å². The molecule has 0 spiro atoms. The van der Waals surface area contributed by atoms with Gasteiger partial charge in [0.25, 0.3) is 5.91 Å². The van der Waals surface area contributed by atoms with Gasteiger partial charge in [-0.15, -0.1) is 0 Å². The number of carbonyl (C=O) groups excluding carboxylic acids is 1. The molecule has 0 aliphatic rings. The van der Waals surface area contributed by atoms with Gasteiger partial charge in [0.2, 0.25) is 0 Å². The maximum Gasteiger partial charge on any atom is 0.418 e. The van der Waals surface area contributed by atoms with Gasteiger partial charge >= 0.3 is 6.18 Å². The molecule has 0 bridgehead atoms. The number of aromatic nitrogens is 1. The molecule has 0 radical (unpaired) electrons. The first-order valence-electron chi connectivity index (χ1n) is 5.99. The molecule has 2 aromatic rings. The third-order valence-corrected chi connectivity index (χ3v) is 2.91. The molecular weight excluding hydrogens is 283 g/mol. The fourth-order valence-corrected chi connectivity index (χ4v) is 1.82. The van der Waals surface area contributed by atoms with E-state index in [9.17, 15) is 18.0 Å². The smallest absolute Gasteiger partial charge is 0.398 e. The quantitative estimate of drug-likeness (QED) is 0.836. The predicted molar refractivity (Wildman–Crippen MR) is 72.8 cm³/mol. The molecule has 0 atom stereocenters. The second-order valence-corrected chi connectivity index (χ2v) is 4.36. The van der Waals surface area contributed by atoms with Crippen LogP contribution in [-0.4, -0.2) is 10.9 Å². The van der Waals surface area contributed by atoms with Crippen LogP contribution in [0.15, 0.2) is 36.5 Å². The van der Waals surface area contributed by atoms with Crippen LogP contribution in [0.4, 0.5) is 24.5 Å². The van der Waals surface area contributed by atoms with Crippen molar-refractivity contribution in [3.63, 3.8) is 0 Å². The molecule has 7 heteroatoms. The molecule has 4 nitrogen and oxygen atoms in total. The number of anilines is 2. The van der Waals surface area contributed by atoms with Crippen molar-refractivity contribution in [2.75, 3.05) is 11.1 Å². The van der Waals surface area contributed by atoms with E-state index in [1.807, 2.05) is 0 Å². The van der Waals surface area contributed by atoms with Crippen LogP contribution in [0.1, 0.15) is 21.6 Å². The number of nitrogens with two attached hydrogens (primary N) is 1. The van der Waals surface area contributed by atoms with E-state index in [1.165, 1.54) is 6.07 Å². The molecule has 2 rings (SSSR count). The monoisotopic (exact) mass is 295 g/mol. The number of aryl methyl sites for hydroxylation is 1. The van der Waals surface area contributed by atoms with E-state index < -0.39 is 23.3 Å². The largest absolute Gasteiger partial charge is 0.418 e. The van der Waals surface area contributed by atoms with Crippen LogP contribution < -0.4 is 11.1 Å². The number of benzene rings is 1. The number of hydrogen-bond donors (Lipinski definition) is 2. The van der Waals surface area contributed by atoms with Crippen LogP contribution in [0, 0.1) is 6.92 Å². The number of rotatable bonds is 2. The third-order valence-electron chi connectivity index (χ3n) is 2.91. The van der Waals surface area contributed by atoms with Crippen molar-refractivity contribution in [2.24, 2.45) is 0 Å². The second kappa shape index (κ2) is 5.43. The van der Waals surface area contributed by atoms with Crippen molar-refractivity contribution < 1.29 is 18.0 Å². The molecule has 1 heterocycles. The Balaban J connectivity index is 2.35. The molecule has 0 saturated carbocycles. The number of carbonyl (C=O) groups is 1. The average Bonchev–Trinajstić information content (AvgIpc) is 2.40. The van der Waals surface area contributed by atoms with E-state index in [1.54, 1.807) is 25.3 Å². The van der Waals surface area contributed by atoms with E-state index in [2.05, 4.69) is 10.3 Å². The van der Waals surface area contributed by atoms with Gasteiger partial charge in [0, 0.05) is 6.20 Å². The lowest BCUT2D eigenvalue weighted by Crippen LogP contribution is -2.18. The maximum absolute atomic E-state index is 12.8. The van der Waals surface area contributed by atoms with Crippen LogP contribution in [0.5, 0.6) is 0 Å². The van der Waals surface area contributed by atoms with Gasteiger partial charge in [-0.1, -0.05) is 6.07 Å². The number of nitrogens with one attached hydrogen (secondary N) is 1. The minimum atomic E-state index is -4.61. The summed E-state index contributed by atoms with van der Waals surface area (Å²) < 4.78 is 38.3. The number of halogens is 3. The molecule has 1 aromatic heterocycles. The lowest BCUT2D eigenvalue weighted by molar-refractivity contribution is -0.136. The molecule has 110 valence electrons. The van der Waals surface area contributed by atoms with Gasteiger partial charge in [-0.2, -0.15) is 13.2 Å². The Hall–Kier alpha value is -2.57. The zero-order chi connectivity index (χ0) is 15.6. The summed E-state index contributed by atoms with van der Waals surface area (Å²) in [6.45, 7) is 1.67. The Kier molecular flexibility index (Phi) is 3.84. The van der Waals surface area contributed by atoms with E-state index in [0.717, 1.165) is 12.1 Å². The van der Waals surface area contributed by atoms with Crippen LogP contribution in [0.2, 0.25) is 0 Å². The highest BCUT2D eigenvalue weighted by Gasteiger charge is 2.34. The van der Waals surface area contributed by atoms with Gasteiger partial charge in [0.05, 0.1) is 28.2 Å². The normalized spacial score (nSPS) is 11.2. The highest BCUT2D eigenvalue weighted by molar-refractivity contribution is 6.08. The van der Waals surface area contributed by atoms with Gasteiger partial charge in [0.1, 0.15) is 0 Å². The first-order chi connectivity index (χ1) is 9.80. The summed E-state index contributed by atoms with van der Waals surface area (Å²) in [7, 11) is 0. The summed E-state index contributed by atoms with van der Waals surface area (Å²) in [6.07, 6.45) is -3.06. The van der Waals surface area contributed by atoms with Gasteiger partial charge in [-0.3, -0.25) is 9.78 Å². The van der Waals surface area contributed by atoms with Crippen LogP contribution >= 0.6 is 0 Å². The number of pyridine rings is 1. The van der Waals surface area contributed by atoms with E-state index >= 15 is 0 Å². The van der Waals surface area contributed by atoms with Gasteiger partial charge < -0.3 is 11.1 Å². The maximum atomic E-state index is 12.8. The summed E-state index contributed by atoms with van der Waals surface area (Å²) in [5.41, 5.74) is 4.58. The Morgan fingerprint density at radius 1 is 1.24 bits per heavy atom. The number of alkyl halides is 3. The summed E-state index contributed by atoms with van der Waals surface area (Å²) in [5.74, 6) is -0.713. The SMILES string of the molecule is Cc1ncccc1NC(=O)c1cccc(C(F)(F)F)c1N. The zero-order valence-corrected chi connectivity index (χ0v) is 11.0. The number of nitrogen functional groups attached to an aromatic ring is 1. The fourth-order valence-electron chi connectivity index (χ4n) is 1.82. The number of para-hydroxylation sites is 1. The molecule has 1 amide bonds. The lowest BCUT2D eigenvalue weighted by Gasteiger charge is -2.14. The first-order valence-corrected chi connectivity index (χ1v) is 5.99. The second-order valence-electron chi connectivity index (χ2n) is 4.36. The molecular formula is C14H12F3N3O. The summed E-state index contributed by atoms with van der Waals surface area (Å²) in [6, 6.07) is 6.43. The molecule has 1 aromatic carbocycles. The summed E-state index contributed by atoms with van der Waals surface area (Å²) in [4.78, 5) is 16.1. The lowest BCUT2D eigenvalue weighted by atomic mass is 10.1. The molecule has 0 unspecified atom stereocenters. The standard InChI is InChI=1S/C14H12F3N3O/c1-8-11(6-3-7-19-8)20-13(21)9-4-2-5-10(12(9)18)14(15,16)17/h2-7H,18H2,1H3,(H,20,21). The van der Waals surface area contributed by atoms with Crippen molar-refractivity contribution in [3.8, 4) is 0 Å². The minimum absolute atomic E-state index is 0.229. The third kappa shape index (κ3) is 3.13. The van der Waals surface area contributed by atoms with E-state index in [0.29, 0.717) is 11.4 Å². The average molecular weight is 295 g/mol. The zero-order valence-electron chi connectivity index (χ0n) is 11.0. The van der Waals surface area contributed by atoms with Crippen LogP contribution in [0.25, 0.3) is 0 Å². The minimum Gasteiger partial charge on any atom is -0.398 e. The Bertz CT molecular complexity index is 683. The predicted octanol–water partition coefficient (Wildman–Crippen LogP) is 3.24. The first kappa shape index (κ1) is 14.8. The Morgan fingerprint density at radius 3 is 2.57 bits per heavy atom. The van der Waals surface area contributed by atoms with Gasteiger partial charge in [-0.25, -0.2) is 0 Å². The van der Waals surface area contributed by atoms with Crippen LogP contribution in [0.3, 0.4) is 0 Å². The number of hydrogen-bond acceptors (Lipinski definition) is 3. The number of amides is 1. The fraction of sp³-hybridized carbons (Fsp3) is 0.143.